The Hall–Kier alpha value is -2.15. The van der Waals surface area contributed by atoms with Crippen LogP contribution < -0.4 is 0 Å². The molecule has 0 aromatic carbocycles. The second-order valence-electron chi connectivity index (χ2n) is 5.36. The van der Waals surface area contributed by atoms with Gasteiger partial charge in [-0.25, -0.2) is 0 Å². The maximum absolute atomic E-state index is 12.5. The number of amides is 1. The van der Waals surface area contributed by atoms with E-state index in [-0.39, 0.29) is 11.9 Å². The van der Waals surface area contributed by atoms with Gasteiger partial charge in [0.05, 0.1) is 6.26 Å². The van der Waals surface area contributed by atoms with Gasteiger partial charge in [0.2, 0.25) is 5.89 Å². The number of likely N-dealkylation sites (N-methyl/N-ethyl adjacent to an activating group) is 1. The van der Waals surface area contributed by atoms with Gasteiger partial charge in [0.25, 0.3) is 5.91 Å². The van der Waals surface area contributed by atoms with E-state index in [0.29, 0.717) is 30.6 Å². The minimum Gasteiger partial charge on any atom is -0.459 e. The summed E-state index contributed by atoms with van der Waals surface area (Å²) in [5.41, 5.74) is 0.851. The maximum Gasteiger partial charge on any atom is 0.289 e. The standard InChI is InChI=1S/C14H18N4O3/c1-9-4-7-20-12(9)14(19)18-6-5-17(3)11(8-18)13-15-10(2)16-21-13/h4,7,11H,5-6,8H2,1-3H3. The van der Waals surface area contributed by atoms with Crippen molar-refractivity contribution in [1.82, 2.24) is 19.9 Å². The zero-order valence-corrected chi connectivity index (χ0v) is 12.4. The Balaban J connectivity index is 1.80. The Kier molecular flexibility index (Phi) is 3.50. The van der Waals surface area contributed by atoms with Crippen LogP contribution in [-0.2, 0) is 0 Å². The Morgan fingerprint density at radius 2 is 2.19 bits per heavy atom. The zero-order chi connectivity index (χ0) is 15.0. The largest absolute Gasteiger partial charge is 0.459 e. The molecule has 21 heavy (non-hydrogen) atoms. The third-order valence-electron chi connectivity index (χ3n) is 3.82. The first-order valence-electron chi connectivity index (χ1n) is 6.90. The van der Waals surface area contributed by atoms with Gasteiger partial charge in [-0.05, 0) is 27.0 Å². The zero-order valence-electron chi connectivity index (χ0n) is 12.4. The fourth-order valence-corrected chi connectivity index (χ4v) is 2.51. The second kappa shape index (κ2) is 5.33. The third-order valence-corrected chi connectivity index (χ3v) is 3.82. The SMILES string of the molecule is Cc1noc(C2CN(C(=O)c3occc3C)CCN2C)n1. The Morgan fingerprint density at radius 3 is 2.81 bits per heavy atom. The Bertz CT molecular complexity index is 648. The summed E-state index contributed by atoms with van der Waals surface area (Å²) in [5.74, 6) is 1.46. The number of carbonyl (C=O) groups is 1. The normalized spacial score (nSPS) is 20.0. The molecule has 7 nitrogen and oxygen atoms in total. The van der Waals surface area contributed by atoms with Gasteiger partial charge in [0.1, 0.15) is 6.04 Å². The van der Waals surface area contributed by atoms with Crippen molar-refractivity contribution < 1.29 is 13.7 Å². The van der Waals surface area contributed by atoms with Gasteiger partial charge >= 0.3 is 0 Å². The number of piperazine rings is 1. The van der Waals surface area contributed by atoms with Crippen LogP contribution in [0.3, 0.4) is 0 Å². The van der Waals surface area contributed by atoms with Gasteiger partial charge in [0, 0.05) is 25.2 Å². The minimum absolute atomic E-state index is 0.0841. The van der Waals surface area contributed by atoms with Crippen LogP contribution in [0.1, 0.15) is 33.9 Å². The number of furan rings is 1. The van der Waals surface area contributed by atoms with Crippen molar-refractivity contribution in [2.24, 2.45) is 0 Å². The molecule has 1 aliphatic heterocycles. The highest BCUT2D eigenvalue weighted by Crippen LogP contribution is 2.24. The molecule has 0 radical (unpaired) electrons. The first-order valence-corrected chi connectivity index (χ1v) is 6.90. The first kappa shape index (κ1) is 13.8. The summed E-state index contributed by atoms with van der Waals surface area (Å²) in [4.78, 5) is 20.7. The van der Waals surface area contributed by atoms with Gasteiger partial charge in [0.15, 0.2) is 11.6 Å². The lowest BCUT2D eigenvalue weighted by molar-refractivity contribution is 0.0461. The first-order chi connectivity index (χ1) is 10.1. The van der Waals surface area contributed by atoms with E-state index in [0.717, 1.165) is 12.1 Å². The second-order valence-corrected chi connectivity index (χ2v) is 5.36. The number of hydrogen-bond acceptors (Lipinski definition) is 6. The number of hydrogen-bond donors (Lipinski definition) is 0. The van der Waals surface area contributed by atoms with Crippen molar-refractivity contribution in [1.29, 1.82) is 0 Å². The molecule has 1 unspecified atom stereocenters. The van der Waals surface area contributed by atoms with Crippen LogP contribution in [0.25, 0.3) is 0 Å². The van der Waals surface area contributed by atoms with Crippen molar-refractivity contribution in [3.63, 3.8) is 0 Å². The van der Waals surface area contributed by atoms with E-state index in [9.17, 15) is 4.79 Å². The van der Waals surface area contributed by atoms with E-state index >= 15 is 0 Å². The smallest absolute Gasteiger partial charge is 0.289 e. The predicted molar refractivity (Wildman–Crippen MR) is 73.8 cm³/mol. The topological polar surface area (TPSA) is 75.6 Å². The summed E-state index contributed by atoms with van der Waals surface area (Å²) in [6.07, 6.45) is 1.54. The molecule has 2 aromatic rings. The summed E-state index contributed by atoms with van der Waals surface area (Å²) in [6, 6.07) is 1.71. The summed E-state index contributed by atoms with van der Waals surface area (Å²) in [7, 11) is 1.99. The molecule has 7 heteroatoms. The van der Waals surface area contributed by atoms with Crippen molar-refractivity contribution >= 4 is 5.91 Å². The van der Waals surface area contributed by atoms with Crippen LogP contribution in [0.2, 0.25) is 0 Å². The van der Waals surface area contributed by atoms with E-state index in [1.807, 2.05) is 14.0 Å². The predicted octanol–water partition coefficient (Wildman–Crippen LogP) is 1.41. The summed E-state index contributed by atoms with van der Waals surface area (Å²) >= 11 is 0. The molecule has 1 fully saturated rings. The number of aromatic nitrogens is 2. The van der Waals surface area contributed by atoms with E-state index in [4.69, 9.17) is 8.94 Å². The van der Waals surface area contributed by atoms with Crippen molar-refractivity contribution in [2.45, 2.75) is 19.9 Å². The summed E-state index contributed by atoms with van der Waals surface area (Å²) in [6.45, 7) is 5.56. The lowest BCUT2D eigenvalue weighted by Gasteiger charge is -2.37. The summed E-state index contributed by atoms with van der Waals surface area (Å²) < 4.78 is 10.5. The molecule has 0 N–H and O–H groups in total. The fourth-order valence-electron chi connectivity index (χ4n) is 2.51. The van der Waals surface area contributed by atoms with Gasteiger partial charge < -0.3 is 13.8 Å². The Labute approximate surface area is 122 Å². The molecule has 1 saturated heterocycles. The molecule has 1 atom stereocenters. The molecule has 112 valence electrons. The van der Waals surface area contributed by atoms with Crippen LogP contribution in [0.4, 0.5) is 0 Å². The number of aryl methyl sites for hydroxylation is 2. The minimum atomic E-state index is -0.0909. The third kappa shape index (κ3) is 2.56. The molecule has 0 bridgehead atoms. The van der Waals surface area contributed by atoms with E-state index in [1.54, 1.807) is 17.9 Å². The van der Waals surface area contributed by atoms with Gasteiger partial charge in [-0.15, -0.1) is 0 Å². The number of nitrogens with zero attached hydrogens (tertiary/aromatic N) is 4. The van der Waals surface area contributed by atoms with Crippen LogP contribution in [0.5, 0.6) is 0 Å². The van der Waals surface area contributed by atoms with Gasteiger partial charge in [-0.2, -0.15) is 4.98 Å². The lowest BCUT2D eigenvalue weighted by Crippen LogP contribution is -2.49. The average molecular weight is 290 g/mol. The summed E-state index contributed by atoms with van der Waals surface area (Å²) in [5, 5.41) is 3.83. The number of rotatable bonds is 2. The molecule has 0 aliphatic carbocycles. The van der Waals surface area contributed by atoms with Crippen LogP contribution in [-0.4, -0.2) is 52.5 Å². The maximum atomic E-state index is 12.5. The highest BCUT2D eigenvalue weighted by molar-refractivity contribution is 5.92. The highest BCUT2D eigenvalue weighted by atomic mass is 16.5. The molecular formula is C14H18N4O3. The number of carbonyl (C=O) groups excluding carboxylic acids is 1. The molecule has 3 heterocycles. The Morgan fingerprint density at radius 1 is 1.38 bits per heavy atom. The van der Waals surface area contributed by atoms with E-state index in [2.05, 4.69) is 15.0 Å². The quantitative estimate of drug-likeness (QED) is 0.832. The highest BCUT2D eigenvalue weighted by Gasteiger charge is 2.33. The molecule has 3 rings (SSSR count). The van der Waals surface area contributed by atoms with Crippen molar-refractivity contribution in [3.05, 3.63) is 35.4 Å². The van der Waals surface area contributed by atoms with E-state index < -0.39 is 0 Å². The molecular weight excluding hydrogens is 272 g/mol. The monoisotopic (exact) mass is 290 g/mol. The van der Waals surface area contributed by atoms with Gasteiger partial charge in [-0.3, -0.25) is 9.69 Å². The van der Waals surface area contributed by atoms with Crippen LogP contribution >= 0.6 is 0 Å². The molecule has 0 saturated carbocycles. The average Bonchev–Trinajstić information content (AvgIpc) is 3.07. The van der Waals surface area contributed by atoms with E-state index in [1.165, 1.54) is 6.26 Å². The van der Waals surface area contributed by atoms with Crippen LogP contribution in [0.15, 0.2) is 21.3 Å². The van der Waals surface area contributed by atoms with Crippen molar-refractivity contribution in [2.75, 3.05) is 26.7 Å². The molecule has 0 spiro atoms. The fraction of sp³-hybridized carbons (Fsp3) is 0.500. The van der Waals surface area contributed by atoms with Crippen LogP contribution in [0, 0.1) is 13.8 Å². The molecule has 1 aliphatic rings. The van der Waals surface area contributed by atoms with Crippen molar-refractivity contribution in [3.8, 4) is 0 Å². The molecule has 1 amide bonds. The van der Waals surface area contributed by atoms with Gasteiger partial charge in [-0.1, -0.05) is 5.16 Å². The molecule has 2 aromatic heterocycles. The lowest BCUT2D eigenvalue weighted by atomic mass is 10.1.